The summed E-state index contributed by atoms with van der Waals surface area (Å²) in [4.78, 5) is 12.3. The van der Waals surface area contributed by atoms with Crippen LogP contribution in [0.1, 0.15) is 42.1 Å². The molecular weight excluding hydrogens is 421 g/mol. The molecule has 0 saturated carbocycles. The summed E-state index contributed by atoms with van der Waals surface area (Å²) in [5.74, 6) is 1.30. The van der Waals surface area contributed by atoms with Gasteiger partial charge in [-0.2, -0.15) is 13.2 Å². The van der Waals surface area contributed by atoms with Crippen molar-refractivity contribution in [3.8, 4) is 5.75 Å². The molecule has 1 atom stereocenters. The van der Waals surface area contributed by atoms with E-state index >= 15 is 0 Å². The number of hydrogen-bond donors (Lipinski definition) is 1. The van der Waals surface area contributed by atoms with Crippen molar-refractivity contribution in [2.45, 2.75) is 44.3 Å². The molecule has 1 aliphatic rings. The van der Waals surface area contributed by atoms with Crippen molar-refractivity contribution in [3.05, 3.63) is 71.8 Å². The van der Waals surface area contributed by atoms with Crippen molar-refractivity contribution in [1.29, 1.82) is 0 Å². The smallest absolute Gasteiger partial charge is 0.416 e. The van der Waals surface area contributed by atoms with Gasteiger partial charge in [0.2, 0.25) is 5.91 Å². The van der Waals surface area contributed by atoms with E-state index in [2.05, 4.69) is 26.1 Å². The number of halogens is 3. The minimum Gasteiger partial charge on any atom is -0.494 e. The number of alkyl halides is 3. The average Bonchev–Trinajstić information content (AvgIpc) is 3.24. The summed E-state index contributed by atoms with van der Waals surface area (Å²) in [7, 11) is 0. The van der Waals surface area contributed by atoms with Crippen LogP contribution in [-0.2, 0) is 23.9 Å². The Kier molecular flexibility index (Phi) is 6.43. The fourth-order valence-electron chi connectivity index (χ4n) is 3.81. The summed E-state index contributed by atoms with van der Waals surface area (Å²) in [5, 5.41) is 11.0. The lowest BCUT2D eigenvalue weighted by atomic mass is 9.91. The number of carbonyl (C=O) groups is 1. The van der Waals surface area contributed by atoms with E-state index in [1.165, 1.54) is 12.1 Å². The normalized spacial score (nSPS) is 15.8. The van der Waals surface area contributed by atoms with Gasteiger partial charge in [0.1, 0.15) is 17.9 Å². The number of carbonyl (C=O) groups excluding carboxylic acids is 1. The average molecular weight is 444 g/mol. The zero-order chi connectivity index (χ0) is 22.6. The van der Waals surface area contributed by atoms with Crippen LogP contribution in [0.15, 0.2) is 54.9 Å². The van der Waals surface area contributed by atoms with E-state index in [0.717, 1.165) is 48.6 Å². The highest BCUT2D eigenvalue weighted by Crippen LogP contribution is 2.31. The molecule has 6 nitrogen and oxygen atoms in total. The monoisotopic (exact) mass is 444 g/mol. The van der Waals surface area contributed by atoms with Gasteiger partial charge in [0.25, 0.3) is 0 Å². The Hall–Kier alpha value is -3.36. The largest absolute Gasteiger partial charge is 0.494 e. The van der Waals surface area contributed by atoms with Gasteiger partial charge < -0.3 is 14.6 Å². The van der Waals surface area contributed by atoms with E-state index in [4.69, 9.17) is 4.74 Å². The first kappa shape index (κ1) is 21.9. The predicted molar refractivity (Wildman–Crippen MR) is 112 cm³/mol. The van der Waals surface area contributed by atoms with E-state index in [0.29, 0.717) is 12.3 Å². The first-order chi connectivity index (χ1) is 15.4. The number of amides is 1. The number of hydrogen-bond acceptors (Lipinski definition) is 4. The quantitative estimate of drug-likeness (QED) is 0.531. The van der Waals surface area contributed by atoms with Gasteiger partial charge in [0.15, 0.2) is 0 Å². The van der Waals surface area contributed by atoms with Crippen molar-refractivity contribution in [2.24, 2.45) is 0 Å². The molecular formula is C23H23F3N4O2. The van der Waals surface area contributed by atoms with Crippen LogP contribution in [0.5, 0.6) is 5.75 Å². The molecule has 9 heteroatoms. The maximum absolute atomic E-state index is 12.8. The van der Waals surface area contributed by atoms with E-state index in [1.807, 2.05) is 18.2 Å². The second-order valence-electron chi connectivity index (χ2n) is 7.79. The van der Waals surface area contributed by atoms with Crippen LogP contribution >= 0.6 is 0 Å². The summed E-state index contributed by atoms with van der Waals surface area (Å²) in [6.45, 7) is 0.963. The zero-order valence-corrected chi connectivity index (χ0v) is 17.3. The summed E-state index contributed by atoms with van der Waals surface area (Å²) in [6.07, 6.45) is -0.231. The molecule has 2 aromatic carbocycles. The second-order valence-corrected chi connectivity index (χ2v) is 7.79. The molecule has 0 radical (unpaired) electrons. The van der Waals surface area contributed by atoms with Gasteiger partial charge >= 0.3 is 6.18 Å². The Morgan fingerprint density at radius 2 is 2.03 bits per heavy atom. The minimum absolute atomic E-state index is 0.136. The van der Waals surface area contributed by atoms with E-state index in [1.54, 1.807) is 6.33 Å². The highest BCUT2D eigenvalue weighted by molar-refractivity contribution is 5.90. The number of aromatic nitrogens is 3. The van der Waals surface area contributed by atoms with Crippen LogP contribution in [-0.4, -0.2) is 27.3 Å². The van der Waals surface area contributed by atoms with Crippen molar-refractivity contribution < 1.29 is 22.7 Å². The molecule has 1 aliphatic heterocycles. The van der Waals surface area contributed by atoms with Gasteiger partial charge in [0.05, 0.1) is 12.2 Å². The maximum atomic E-state index is 12.8. The molecule has 1 aromatic heterocycles. The Labute approximate surface area is 183 Å². The van der Waals surface area contributed by atoms with E-state index in [-0.39, 0.29) is 24.7 Å². The lowest BCUT2D eigenvalue weighted by Crippen LogP contribution is -2.19. The number of fused-ring (bicyclic) bond motifs is 1. The first-order valence-electron chi connectivity index (χ1n) is 10.4. The Bertz CT molecular complexity index is 1080. The maximum Gasteiger partial charge on any atom is 0.416 e. The fourth-order valence-corrected chi connectivity index (χ4v) is 3.81. The number of ether oxygens (including phenoxy) is 1. The van der Waals surface area contributed by atoms with Crippen LogP contribution in [0.4, 0.5) is 18.9 Å². The van der Waals surface area contributed by atoms with Gasteiger partial charge in [-0.25, -0.2) is 0 Å². The number of aryl methyl sites for hydroxylation is 1. The summed E-state index contributed by atoms with van der Waals surface area (Å²) >= 11 is 0. The van der Waals surface area contributed by atoms with Crippen LogP contribution in [0.2, 0.25) is 0 Å². The molecule has 0 aliphatic carbocycles. The van der Waals surface area contributed by atoms with E-state index < -0.39 is 11.7 Å². The topological polar surface area (TPSA) is 69.0 Å². The third-order valence-electron chi connectivity index (χ3n) is 5.45. The molecule has 1 amide bonds. The van der Waals surface area contributed by atoms with Crippen molar-refractivity contribution >= 4 is 11.6 Å². The summed E-state index contributed by atoms with van der Waals surface area (Å²) in [6, 6.07) is 12.5. The number of rotatable bonds is 7. The zero-order valence-electron chi connectivity index (χ0n) is 17.3. The molecule has 0 unspecified atom stereocenters. The van der Waals surface area contributed by atoms with Crippen LogP contribution in [0.25, 0.3) is 0 Å². The van der Waals surface area contributed by atoms with Crippen molar-refractivity contribution in [2.75, 3.05) is 11.9 Å². The molecule has 3 aromatic rings. The van der Waals surface area contributed by atoms with Crippen molar-refractivity contribution in [3.63, 3.8) is 0 Å². The van der Waals surface area contributed by atoms with Gasteiger partial charge in [-0.3, -0.25) is 4.79 Å². The fraction of sp³-hybridized carbons (Fsp3) is 0.348. The first-order valence-corrected chi connectivity index (χ1v) is 10.4. The summed E-state index contributed by atoms with van der Waals surface area (Å²) < 4.78 is 45.7. The third kappa shape index (κ3) is 5.46. The number of anilines is 1. The van der Waals surface area contributed by atoms with Gasteiger partial charge in [-0.05, 0) is 48.7 Å². The van der Waals surface area contributed by atoms with E-state index in [9.17, 15) is 18.0 Å². The molecule has 2 heterocycles. The number of nitrogens with one attached hydrogen (secondary N) is 1. The molecule has 0 fully saturated rings. The lowest BCUT2D eigenvalue weighted by Gasteiger charge is -2.23. The molecule has 32 heavy (non-hydrogen) atoms. The van der Waals surface area contributed by atoms with Crippen LogP contribution in [0.3, 0.4) is 0 Å². The van der Waals surface area contributed by atoms with Gasteiger partial charge in [0, 0.05) is 31.0 Å². The molecule has 1 N–H and O–H groups in total. The van der Waals surface area contributed by atoms with Crippen LogP contribution in [0, 0.1) is 0 Å². The minimum atomic E-state index is -4.41. The highest BCUT2D eigenvalue weighted by Gasteiger charge is 2.30. The molecule has 0 bridgehead atoms. The van der Waals surface area contributed by atoms with Crippen LogP contribution < -0.4 is 10.1 Å². The Morgan fingerprint density at radius 3 is 2.88 bits per heavy atom. The Balaban J connectivity index is 1.25. The van der Waals surface area contributed by atoms with Gasteiger partial charge in [-0.15, -0.1) is 10.2 Å². The highest BCUT2D eigenvalue weighted by atomic mass is 19.4. The summed E-state index contributed by atoms with van der Waals surface area (Å²) in [5.41, 5.74) is 1.11. The van der Waals surface area contributed by atoms with Crippen molar-refractivity contribution in [1.82, 2.24) is 14.8 Å². The third-order valence-corrected chi connectivity index (χ3v) is 5.45. The standard InChI is InChI=1S/C23H23F3N4O2/c24-23(25,26)18-5-2-7-20(13-18)32-11-3-8-22(31)28-19-6-1-4-16(12-19)17-9-10-21-29-27-15-30(21)14-17/h1-2,4-7,12-13,15,17H,3,8-11,14H2,(H,28,31)/t17-/m0/s1. The molecule has 0 spiro atoms. The number of nitrogens with zero attached hydrogens (tertiary/aromatic N) is 3. The predicted octanol–water partition coefficient (Wildman–Crippen LogP) is 4.82. The molecule has 168 valence electrons. The number of benzene rings is 2. The van der Waals surface area contributed by atoms with Gasteiger partial charge in [-0.1, -0.05) is 18.2 Å². The molecule has 4 rings (SSSR count). The lowest BCUT2D eigenvalue weighted by molar-refractivity contribution is -0.137. The second kappa shape index (κ2) is 9.42. The molecule has 0 saturated heterocycles. The Morgan fingerprint density at radius 1 is 1.19 bits per heavy atom. The SMILES string of the molecule is O=C(CCCOc1cccc(C(F)(F)F)c1)Nc1cccc([C@H]2CCc3nncn3C2)c1.